The van der Waals surface area contributed by atoms with E-state index in [4.69, 9.17) is 4.74 Å². The first-order chi connectivity index (χ1) is 20.2. The topological polar surface area (TPSA) is 140 Å². The molecule has 0 bridgehead atoms. The third kappa shape index (κ3) is 6.67. The number of fused-ring (bicyclic) bond motifs is 1. The van der Waals surface area contributed by atoms with Crippen LogP contribution < -0.4 is 15.4 Å². The fraction of sp³-hybridized carbons (Fsp3) is 0.321. The molecule has 0 radical (unpaired) electrons. The summed E-state index contributed by atoms with van der Waals surface area (Å²) in [5.41, 5.74) is 2.66. The predicted molar refractivity (Wildman–Crippen MR) is 155 cm³/mol. The first-order valence-corrected chi connectivity index (χ1v) is 15.0. The van der Waals surface area contributed by atoms with E-state index in [-0.39, 0.29) is 29.0 Å². The number of nitrogens with zero attached hydrogens (tertiary/aromatic N) is 4. The first-order valence-electron chi connectivity index (χ1n) is 13.2. The maximum atomic E-state index is 14.0. The number of aromatic nitrogens is 2. The smallest absolute Gasteiger partial charge is 0.421 e. The number of hydrogen-bond acceptors (Lipinski definition) is 8. The summed E-state index contributed by atoms with van der Waals surface area (Å²) in [4.78, 5) is 43.4. The van der Waals surface area contributed by atoms with Crippen molar-refractivity contribution >= 4 is 42.2 Å². The fourth-order valence-electron chi connectivity index (χ4n) is 5.14. The predicted octanol–water partition coefficient (Wildman–Crippen LogP) is 4.97. The zero-order valence-corrected chi connectivity index (χ0v) is 24.5. The van der Waals surface area contributed by atoms with Gasteiger partial charge in [0, 0.05) is 32.9 Å². The van der Waals surface area contributed by atoms with Gasteiger partial charge in [-0.1, -0.05) is 18.2 Å². The highest BCUT2D eigenvalue weighted by Crippen LogP contribution is 2.42. The zero-order valence-electron chi connectivity index (χ0n) is 23.6. The quantitative estimate of drug-likeness (QED) is 0.256. The second-order valence-corrected chi connectivity index (χ2v) is 12.1. The Balaban J connectivity index is 1.51. The van der Waals surface area contributed by atoms with E-state index in [0.717, 1.165) is 36.2 Å². The number of carbonyl (C=O) groups is 1. The van der Waals surface area contributed by atoms with Crippen LogP contribution in [0.3, 0.4) is 0 Å². The molecule has 1 amide bonds. The van der Waals surface area contributed by atoms with E-state index >= 15 is 0 Å². The fourth-order valence-corrected chi connectivity index (χ4v) is 5.82. The van der Waals surface area contributed by atoms with Gasteiger partial charge in [-0.15, -0.1) is 0 Å². The molecule has 0 fully saturated rings. The lowest BCUT2D eigenvalue weighted by molar-refractivity contribution is -0.137. The standard InChI is InChI=1S/C28H30F3N6O5P/c1-36-10-8-17(9-11-36)18-5-7-22(24-19(18)14-37(2)26(24)38)33-25-20(28(29,30)31)13-32-27(35-25)34-21-6-4-16(12-23(21)42-3)15-43(39,40)41/h4-8,12-13H,9-11,14-15H2,1-3H3,(H2,39,40,41)(H2,32,33,34,35). The minimum Gasteiger partial charge on any atom is -0.495 e. The lowest BCUT2D eigenvalue weighted by atomic mass is 9.92. The van der Waals surface area contributed by atoms with Crippen molar-refractivity contribution in [1.29, 1.82) is 0 Å². The monoisotopic (exact) mass is 618 g/mol. The third-order valence-corrected chi connectivity index (χ3v) is 8.05. The summed E-state index contributed by atoms with van der Waals surface area (Å²) in [6.45, 7) is 1.94. The molecule has 11 nitrogen and oxygen atoms in total. The number of rotatable bonds is 8. The normalized spacial score (nSPS) is 15.8. The van der Waals surface area contributed by atoms with Gasteiger partial charge in [0.25, 0.3) is 5.91 Å². The summed E-state index contributed by atoms with van der Waals surface area (Å²) in [6.07, 6.45) is -1.79. The highest BCUT2D eigenvalue weighted by molar-refractivity contribution is 7.50. The lowest BCUT2D eigenvalue weighted by Crippen LogP contribution is -2.24. The number of carbonyl (C=O) groups excluding carboxylic acids is 1. The summed E-state index contributed by atoms with van der Waals surface area (Å²) in [7, 11) is 0.659. The van der Waals surface area contributed by atoms with Gasteiger partial charge in [0.05, 0.1) is 30.2 Å². The van der Waals surface area contributed by atoms with Crippen molar-refractivity contribution in [3.8, 4) is 5.75 Å². The van der Waals surface area contributed by atoms with Crippen LogP contribution >= 0.6 is 7.60 Å². The lowest BCUT2D eigenvalue weighted by Gasteiger charge is -2.24. The number of methoxy groups -OCH3 is 1. The van der Waals surface area contributed by atoms with Gasteiger partial charge >= 0.3 is 13.8 Å². The molecule has 0 saturated heterocycles. The molecule has 0 spiro atoms. The van der Waals surface area contributed by atoms with E-state index < -0.39 is 31.3 Å². The molecule has 5 rings (SSSR count). The minimum atomic E-state index is -4.80. The minimum absolute atomic E-state index is 0.175. The van der Waals surface area contributed by atoms with Gasteiger partial charge in [-0.05, 0) is 53.9 Å². The highest BCUT2D eigenvalue weighted by atomic mass is 31.2. The van der Waals surface area contributed by atoms with Crippen LogP contribution in [0, 0.1) is 0 Å². The van der Waals surface area contributed by atoms with Gasteiger partial charge in [0.15, 0.2) is 0 Å². The van der Waals surface area contributed by atoms with Gasteiger partial charge in [0.2, 0.25) is 5.95 Å². The largest absolute Gasteiger partial charge is 0.495 e. The van der Waals surface area contributed by atoms with Crippen LogP contribution in [0.5, 0.6) is 5.75 Å². The molecule has 0 saturated carbocycles. The average Bonchev–Trinajstić information content (AvgIpc) is 3.23. The molecule has 0 atom stereocenters. The number of anilines is 4. The number of alkyl halides is 3. The van der Waals surface area contributed by atoms with Crippen LogP contribution in [0.25, 0.3) is 5.57 Å². The van der Waals surface area contributed by atoms with Crippen LogP contribution in [0.2, 0.25) is 0 Å². The Morgan fingerprint density at radius 2 is 1.86 bits per heavy atom. The molecule has 4 N–H and O–H groups in total. The average molecular weight is 619 g/mol. The molecule has 15 heteroatoms. The Hall–Kier alpha value is -3.97. The second-order valence-electron chi connectivity index (χ2n) is 10.5. The molecule has 2 aliphatic rings. The van der Waals surface area contributed by atoms with Crippen molar-refractivity contribution in [3.05, 3.63) is 70.4 Å². The number of amides is 1. The van der Waals surface area contributed by atoms with E-state index in [2.05, 4.69) is 31.6 Å². The Bertz CT molecular complexity index is 1660. The number of benzene rings is 2. The van der Waals surface area contributed by atoms with Gasteiger partial charge < -0.3 is 35.0 Å². The van der Waals surface area contributed by atoms with Gasteiger partial charge in [-0.25, -0.2) is 4.98 Å². The summed E-state index contributed by atoms with van der Waals surface area (Å²) >= 11 is 0. The molecule has 0 aliphatic carbocycles. The molecule has 1 aromatic heterocycles. The van der Waals surface area contributed by atoms with Crippen molar-refractivity contribution in [3.63, 3.8) is 0 Å². The third-order valence-electron chi connectivity index (χ3n) is 7.28. The van der Waals surface area contributed by atoms with Crippen LogP contribution in [0.1, 0.15) is 39.0 Å². The SMILES string of the molecule is COc1cc(CP(=O)(O)O)ccc1Nc1ncc(C(F)(F)F)c(Nc2ccc(C3=CCN(C)CC3)c3c2C(=O)N(C)C3)n1. The Kier molecular flexibility index (Phi) is 8.23. The molecule has 3 aromatic rings. The number of likely N-dealkylation sites (N-methyl/N-ethyl adjacent to an activating group) is 1. The van der Waals surface area contributed by atoms with E-state index in [9.17, 15) is 32.3 Å². The number of nitrogens with one attached hydrogen (secondary N) is 2. The summed E-state index contributed by atoms with van der Waals surface area (Å²) < 4.78 is 58.8. The Labute approximate surface area is 245 Å². The molecule has 2 aliphatic heterocycles. The maximum Gasteiger partial charge on any atom is 0.421 e. The first kappa shape index (κ1) is 30.5. The van der Waals surface area contributed by atoms with Crippen molar-refractivity contribution in [2.75, 3.05) is 44.9 Å². The van der Waals surface area contributed by atoms with Crippen LogP contribution in [0.15, 0.2) is 42.6 Å². The Morgan fingerprint density at radius 1 is 1.12 bits per heavy atom. The van der Waals surface area contributed by atoms with Crippen molar-refractivity contribution < 1.29 is 37.1 Å². The van der Waals surface area contributed by atoms with Gasteiger partial charge in [-0.3, -0.25) is 9.36 Å². The molecule has 43 heavy (non-hydrogen) atoms. The maximum absolute atomic E-state index is 14.0. The summed E-state index contributed by atoms with van der Waals surface area (Å²) in [5, 5.41) is 5.56. The van der Waals surface area contributed by atoms with E-state index in [1.165, 1.54) is 30.2 Å². The number of hydrogen-bond donors (Lipinski definition) is 4. The van der Waals surface area contributed by atoms with E-state index in [1.807, 2.05) is 13.1 Å². The van der Waals surface area contributed by atoms with Gasteiger partial charge in [0.1, 0.15) is 17.1 Å². The van der Waals surface area contributed by atoms with Gasteiger partial charge in [-0.2, -0.15) is 18.2 Å². The molecular formula is C28H30F3N6O5P. The molecule has 0 unspecified atom stereocenters. The van der Waals surface area contributed by atoms with E-state index in [0.29, 0.717) is 23.9 Å². The van der Waals surface area contributed by atoms with Crippen LogP contribution in [-0.4, -0.2) is 69.8 Å². The second kappa shape index (κ2) is 11.6. The van der Waals surface area contributed by atoms with Crippen LogP contribution in [0.4, 0.5) is 36.3 Å². The number of halogens is 3. The van der Waals surface area contributed by atoms with Crippen molar-refractivity contribution in [1.82, 2.24) is 19.8 Å². The molecule has 2 aromatic carbocycles. The summed E-state index contributed by atoms with van der Waals surface area (Å²) in [6, 6.07) is 7.72. The van der Waals surface area contributed by atoms with Crippen molar-refractivity contribution in [2.24, 2.45) is 0 Å². The zero-order chi connectivity index (χ0) is 31.1. The molecular weight excluding hydrogens is 588 g/mol. The Morgan fingerprint density at radius 3 is 2.51 bits per heavy atom. The summed E-state index contributed by atoms with van der Waals surface area (Å²) in [5.74, 6) is -0.897. The van der Waals surface area contributed by atoms with Crippen LogP contribution in [-0.2, 0) is 23.4 Å². The van der Waals surface area contributed by atoms with Crippen molar-refractivity contribution in [2.45, 2.75) is 25.3 Å². The van der Waals surface area contributed by atoms with E-state index in [1.54, 1.807) is 13.1 Å². The molecule has 228 valence electrons. The number of ether oxygens (including phenoxy) is 1. The molecule has 3 heterocycles. The highest BCUT2D eigenvalue weighted by Gasteiger charge is 2.37.